The van der Waals surface area contributed by atoms with Gasteiger partial charge in [-0.15, -0.1) is 0 Å². The molecule has 0 radical (unpaired) electrons. The van der Waals surface area contributed by atoms with E-state index >= 15 is 0 Å². The number of aromatic nitrogens is 2. The zero-order valence-corrected chi connectivity index (χ0v) is 19.5. The number of ether oxygens (including phenoxy) is 1. The highest BCUT2D eigenvalue weighted by Crippen LogP contribution is 2.30. The first-order valence-corrected chi connectivity index (χ1v) is 11.9. The van der Waals surface area contributed by atoms with Crippen LogP contribution in [0.4, 0.5) is 0 Å². The second-order valence-corrected chi connectivity index (χ2v) is 8.48. The van der Waals surface area contributed by atoms with Crippen LogP contribution in [0.2, 0.25) is 0 Å². The highest BCUT2D eigenvalue weighted by molar-refractivity contribution is 5.63. The fourth-order valence-electron chi connectivity index (χ4n) is 4.62. The van der Waals surface area contributed by atoms with Gasteiger partial charge in [0, 0.05) is 26.2 Å². The van der Waals surface area contributed by atoms with E-state index in [0.29, 0.717) is 24.9 Å². The summed E-state index contributed by atoms with van der Waals surface area (Å²) in [5.74, 6) is 1.99. The summed E-state index contributed by atoms with van der Waals surface area (Å²) in [6.07, 6.45) is 0. The molecule has 0 atom stereocenters. The van der Waals surface area contributed by atoms with Gasteiger partial charge in [-0.05, 0) is 30.2 Å². The van der Waals surface area contributed by atoms with Crippen molar-refractivity contribution in [2.45, 2.75) is 19.5 Å². The van der Waals surface area contributed by atoms with Crippen molar-refractivity contribution in [3.8, 4) is 17.1 Å². The van der Waals surface area contributed by atoms with E-state index < -0.39 is 0 Å². The predicted octanol–water partition coefficient (Wildman–Crippen LogP) is 5.04. The van der Waals surface area contributed by atoms with Crippen molar-refractivity contribution < 1.29 is 9.26 Å². The molecule has 6 nitrogen and oxygen atoms in total. The first-order chi connectivity index (χ1) is 16.8. The van der Waals surface area contributed by atoms with Crippen LogP contribution in [0.1, 0.15) is 30.0 Å². The van der Waals surface area contributed by atoms with Gasteiger partial charge in [0.05, 0.1) is 24.8 Å². The van der Waals surface area contributed by atoms with E-state index in [1.54, 1.807) is 0 Å². The molecular formula is C28H30N4O2. The van der Waals surface area contributed by atoms with Gasteiger partial charge >= 0.3 is 0 Å². The van der Waals surface area contributed by atoms with Crippen molar-refractivity contribution in [1.29, 1.82) is 0 Å². The molecule has 0 spiro atoms. The van der Waals surface area contributed by atoms with Gasteiger partial charge in [0.25, 0.3) is 0 Å². The smallest absolute Gasteiger partial charge is 0.241 e. The molecule has 0 unspecified atom stereocenters. The molecule has 34 heavy (non-hydrogen) atoms. The second-order valence-electron chi connectivity index (χ2n) is 8.48. The fourth-order valence-corrected chi connectivity index (χ4v) is 4.62. The maximum absolute atomic E-state index is 5.72. The summed E-state index contributed by atoms with van der Waals surface area (Å²) in [7, 11) is 0. The number of hydrogen-bond acceptors (Lipinski definition) is 6. The standard InChI is InChI=1S/C28H30N4O2/c1-2-33-25-16-10-9-15-24(25)28-29-26(34-30-28)21-31-17-19-32(20-18-31)27(22-11-5-3-6-12-22)23-13-7-4-8-14-23/h3-16,27H,2,17-21H2,1H3. The van der Waals surface area contributed by atoms with Crippen LogP contribution in [0.3, 0.4) is 0 Å². The van der Waals surface area contributed by atoms with Crippen LogP contribution >= 0.6 is 0 Å². The van der Waals surface area contributed by atoms with Gasteiger partial charge in [-0.1, -0.05) is 78.0 Å². The Hall–Kier alpha value is -3.48. The van der Waals surface area contributed by atoms with Crippen molar-refractivity contribution >= 4 is 0 Å². The zero-order valence-electron chi connectivity index (χ0n) is 19.5. The Morgan fingerprint density at radius 1 is 0.824 bits per heavy atom. The van der Waals surface area contributed by atoms with E-state index in [4.69, 9.17) is 9.26 Å². The first kappa shape index (κ1) is 22.3. The lowest BCUT2D eigenvalue weighted by Crippen LogP contribution is -2.47. The predicted molar refractivity (Wildman–Crippen MR) is 132 cm³/mol. The molecule has 0 amide bonds. The minimum atomic E-state index is 0.259. The molecule has 0 aliphatic carbocycles. The zero-order chi connectivity index (χ0) is 23.2. The molecule has 1 aliphatic heterocycles. The molecule has 1 aromatic heterocycles. The molecule has 2 heterocycles. The Labute approximate surface area is 200 Å². The third kappa shape index (κ3) is 5.03. The number of rotatable bonds is 8. The minimum absolute atomic E-state index is 0.259. The van der Waals surface area contributed by atoms with Crippen LogP contribution in [0.25, 0.3) is 11.4 Å². The molecule has 1 fully saturated rings. The van der Waals surface area contributed by atoms with E-state index in [1.807, 2.05) is 31.2 Å². The number of benzene rings is 3. The fraction of sp³-hybridized carbons (Fsp3) is 0.286. The maximum atomic E-state index is 5.72. The summed E-state index contributed by atoms with van der Waals surface area (Å²) < 4.78 is 11.3. The minimum Gasteiger partial charge on any atom is -0.493 e. The van der Waals surface area contributed by atoms with E-state index in [1.165, 1.54) is 11.1 Å². The van der Waals surface area contributed by atoms with Crippen LogP contribution in [-0.4, -0.2) is 52.7 Å². The average molecular weight is 455 g/mol. The molecule has 0 saturated carbocycles. The summed E-state index contributed by atoms with van der Waals surface area (Å²) in [6, 6.07) is 29.6. The Balaban J connectivity index is 1.25. The summed E-state index contributed by atoms with van der Waals surface area (Å²) in [5.41, 5.74) is 3.52. The maximum Gasteiger partial charge on any atom is 0.241 e. The Bertz CT molecular complexity index is 1130. The number of hydrogen-bond donors (Lipinski definition) is 0. The van der Waals surface area contributed by atoms with Crippen LogP contribution in [0, 0.1) is 0 Å². The lowest BCUT2D eigenvalue weighted by molar-refractivity contribution is 0.0966. The lowest BCUT2D eigenvalue weighted by atomic mass is 9.96. The largest absolute Gasteiger partial charge is 0.493 e. The lowest BCUT2D eigenvalue weighted by Gasteiger charge is -2.39. The van der Waals surface area contributed by atoms with Gasteiger partial charge in [0.2, 0.25) is 11.7 Å². The number of piperazine rings is 1. The van der Waals surface area contributed by atoms with E-state index in [9.17, 15) is 0 Å². The molecule has 1 aliphatic rings. The summed E-state index contributed by atoms with van der Waals surface area (Å²) in [5, 5.41) is 4.21. The van der Waals surface area contributed by atoms with Crippen molar-refractivity contribution in [3.05, 3.63) is 102 Å². The molecule has 0 bridgehead atoms. The van der Waals surface area contributed by atoms with Gasteiger partial charge in [0.1, 0.15) is 5.75 Å². The Morgan fingerprint density at radius 3 is 2.09 bits per heavy atom. The molecule has 4 aromatic rings. The van der Waals surface area contributed by atoms with Crippen molar-refractivity contribution in [2.24, 2.45) is 0 Å². The van der Waals surface area contributed by atoms with Gasteiger partial charge < -0.3 is 9.26 Å². The van der Waals surface area contributed by atoms with Crippen LogP contribution in [0.5, 0.6) is 5.75 Å². The van der Waals surface area contributed by atoms with Crippen LogP contribution in [0.15, 0.2) is 89.5 Å². The van der Waals surface area contributed by atoms with Crippen LogP contribution in [-0.2, 0) is 6.54 Å². The highest BCUT2D eigenvalue weighted by atomic mass is 16.5. The monoisotopic (exact) mass is 454 g/mol. The first-order valence-electron chi connectivity index (χ1n) is 11.9. The second kappa shape index (κ2) is 10.6. The van der Waals surface area contributed by atoms with Crippen molar-refractivity contribution in [1.82, 2.24) is 19.9 Å². The summed E-state index contributed by atoms with van der Waals surface area (Å²) in [6.45, 7) is 7.06. The molecule has 174 valence electrons. The van der Waals surface area contributed by atoms with Crippen molar-refractivity contribution in [2.75, 3.05) is 32.8 Å². The van der Waals surface area contributed by atoms with Gasteiger partial charge in [-0.25, -0.2) is 0 Å². The third-order valence-corrected chi connectivity index (χ3v) is 6.26. The number of para-hydroxylation sites is 1. The van der Waals surface area contributed by atoms with E-state index in [-0.39, 0.29) is 6.04 Å². The third-order valence-electron chi connectivity index (χ3n) is 6.26. The number of nitrogens with zero attached hydrogens (tertiary/aromatic N) is 4. The van der Waals surface area contributed by atoms with Gasteiger partial charge in [-0.3, -0.25) is 9.80 Å². The topological polar surface area (TPSA) is 54.6 Å². The molecular weight excluding hydrogens is 424 g/mol. The SMILES string of the molecule is CCOc1ccccc1-c1noc(CN2CCN(C(c3ccccc3)c3ccccc3)CC2)n1. The van der Waals surface area contributed by atoms with Gasteiger partial charge in [0.15, 0.2) is 0 Å². The normalized spacial score (nSPS) is 15.0. The summed E-state index contributed by atoms with van der Waals surface area (Å²) in [4.78, 5) is 9.61. The van der Waals surface area contributed by atoms with Gasteiger partial charge in [-0.2, -0.15) is 4.98 Å². The van der Waals surface area contributed by atoms with Crippen LogP contribution < -0.4 is 4.74 Å². The van der Waals surface area contributed by atoms with Crippen molar-refractivity contribution in [3.63, 3.8) is 0 Å². The highest BCUT2D eigenvalue weighted by Gasteiger charge is 2.27. The molecule has 6 heteroatoms. The average Bonchev–Trinajstić information content (AvgIpc) is 3.35. The quantitative estimate of drug-likeness (QED) is 0.372. The summed E-state index contributed by atoms with van der Waals surface area (Å²) >= 11 is 0. The molecule has 0 N–H and O–H groups in total. The van der Waals surface area contributed by atoms with E-state index in [2.05, 4.69) is 80.6 Å². The molecule has 3 aromatic carbocycles. The molecule has 1 saturated heterocycles. The van der Waals surface area contributed by atoms with E-state index in [0.717, 1.165) is 37.5 Å². The Morgan fingerprint density at radius 2 is 1.44 bits per heavy atom. The Kier molecular flexibility index (Phi) is 6.98. The molecule has 5 rings (SSSR count).